The molecule has 1 N–H and O–H groups in total. The number of likely N-dealkylation sites (tertiary alicyclic amines) is 1. The van der Waals surface area contributed by atoms with Gasteiger partial charge >= 0.3 is 5.97 Å². The molecule has 3 rings (SSSR count). The van der Waals surface area contributed by atoms with E-state index in [-0.39, 0.29) is 12.3 Å². The number of aryl methyl sites for hydroxylation is 1. The van der Waals surface area contributed by atoms with Crippen LogP contribution in [-0.2, 0) is 9.59 Å². The van der Waals surface area contributed by atoms with Crippen molar-refractivity contribution in [2.24, 2.45) is 5.92 Å². The molecule has 0 aliphatic carbocycles. The van der Waals surface area contributed by atoms with Gasteiger partial charge in [0.25, 0.3) is 0 Å². The van der Waals surface area contributed by atoms with Gasteiger partial charge in [0.15, 0.2) is 0 Å². The first kappa shape index (κ1) is 13.5. The molecule has 2 atom stereocenters. The van der Waals surface area contributed by atoms with E-state index in [2.05, 4.69) is 4.98 Å². The van der Waals surface area contributed by atoms with Crippen molar-refractivity contribution in [3.8, 4) is 0 Å². The van der Waals surface area contributed by atoms with E-state index in [1.807, 2.05) is 37.3 Å². The molecule has 5 heteroatoms. The monoisotopic (exact) mass is 284 g/mol. The smallest absolute Gasteiger partial charge is 0.309 e. The molecule has 1 aliphatic rings. The maximum Gasteiger partial charge on any atom is 0.309 e. The standard InChI is InChI=1S/C16H16N2O3/c1-9-3-4-10-7-11(5-6-13(10)17-9)15-12(16(20)21)8-14(19)18(15)2/h3-7,12,15H,8H2,1-2H3,(H,20,21). The van der Waals surface area contributed by atoms with Crippen LogP contribution in [0.25, 0.3) is 10.9 Å². The van der Waals surface area contributed by atoms with E-state index in [4.69, 9.17) is 0 Å². The van der Waals surface area contributed by atoms with E-state index in [1.54, 1.807) is 7.05 Å². The number of aromatic nitrogens is 1. The van der Waals surface area contributed by atoms with Crippen LogP contribution in [0.15, 0.2) is 30.3 Å². The SMILES string of the molecule is Cc1ccc2cc(C3C(C(=O)O)CC(=O)N3C)ccc2n1. The minimum absolute atomic E-state index is 0.0562. The molecule has 1 saturated heterocycles. The average Bonchev–Trinajstić information content (AvgIpc) is 2.75. The van der Waals surface area contributed by atoms with Crippen LogP contribution < -0.4 is 0 Å². The Labute approximate surface area is 122 Å². The van der Waals surface area contributed by atoms with Gasteiger partial charge in [-0.05, 0) is 30.7 Å². The second-order valence-corrected chi connectivity index (χ2v) is 5.50. The number of amides is 1. The Morgan fingerprint density at radius 2 is 2.10 bits per heavy atom. The number of fused-ring (bicyclic) bond motifs is 1. The molecular formula is C16H16N2O3. The lowest BCUT2D eigenvalue weighted by Gasteiger charge is -2.23. The number of hydrogen-bond acceptors (Lipinski definition) is 3. The van der Waals surface area contributed by atoms with Gasteiger partial charge in [-0.2, -0.15) is 0 Å². The van der Waals surface area contributed by atoms with E-state index >= 15 is 0 Å². The molecule has 108 valence electrons. The minimum Gasteiger partial charge on any atom is -0.481 e. The number of rotatable bonds is 2. The molecule has 0 bridgehead atoms. The molecule has 0 spiro atoms. The lowest BCUT2D eigenvalue weighted by molar-refractivity contribution is -0.142. The number of pyridine rings is 1. The number of nitrogens with zero attached hydrogens (tertiary/aromatic N) is 2. The molecule has 2 aromatic rings. The summed E-state index contributed by atoms with van der Waals surface area (Å²) in [7, 11) is 1.66. The molecule has 1 aliphatic heterocycles. The molecule has 21 heavy (non-hydrogen) atoms. The van der Waals surface area contributed by atoms with Gasteiger partial charge in [-0.3, -0.25) is 14.6 Å². The fourth-order valence-corrected chi connectivity index (χ4v) is 2.98. The van der Waals surface area contributed by atoms with Crippen LogP contribution in [0.4, 0.5) is 0 Å². The van der Waals surface area contributed by atoms with Gasteiger partial charge in [-0.15, -0.1) is 0 Å². The molecule has 2 unspecified atom stereocenters. The van der Waals surface area contributed by atoms with Gasteiger partial charge in [0, 0.05) is 24.5 Å². The number of aliphatic carboxylic acids is 1. The fourth-order valence-electron chi connectivity index (χ4n) is 2.98. The second kappa shape index (κ2) is 4.84. The van der Waals surface area contributed by atoms with E-state index in [1.165, 1.54) is 4.90 Å². The number of carbonyl (C=O) groups is 2. The molecule has 0 radical (unpaired) electrons. The lowest BCUT2D eigenvalue weighted by Crippen LogP contribution is -2.26. The molecule has 0 saturated carbocycles. The summed E-state index contributed by atoms with van der Waals surface area (Å²) in [6, 6.07) is 9.15. The third-order valence-corrected chi connectivity index (χ3v) is 4.10. The maximum atomic E-state index is 11.8. The predicted octanol–water partition coefficient (Wildman–Crippen LogP) is 2.15. The van der Waals surface area contributed by atoms with E-state index < -0.39 is 17.9 Å². The number of carbonyl (C=O) groups excluding carboxylic acids is 1. The highest BCUT2D eigenvalue weighted by molar-refractivity contribution is 5.88. The Balaban J connectivity index is 2.07. The average molecular weight is 284 g/mol. The number of benzene rings is 1. The highest BCUT2D eigenvalue weighted by Gasteiger charge is 2.42. The van der Waals surface area contributed by atoms with Crippen LogP contribution in [-0.4, -0.2) is 33.9 Å². The minimum atomic E-state index is -0.931. The highest BCUT2D eigenvalue weighted by atomic mass is 16.4. The third kappa shape index (κ3) is 2.24. The first-order valence-corrected chi connectivity index (χ1v) is 6.83. The normalized spacial score (nSPS) is 22.0. The quantitative estimate of drug-likeness (QED) is 0.917. The van der Waals surface area contributed by atoms with Crippen molar-refractivity contribution >= 4 is 22.8 Å². The second-order valence-electron chi connectivity index (χ2n) is 5.50. The van der Waals surface area contributed by atoms with Crippen LogP contribution in [0.1, 0.15) is 23.7 Å². The number of carboxylic acid groups (broad SMARTS) is 1. The van der Waals surface area contributed by atoms with E-state index in [0.717, 1.165) is 22.2 Å². The van der Waals surface area contributed by atoms with Crippen molar-refractivity contribution < 1.29 is 14.7 Å². The van der Waals surface area contributed by atoms with Gasteiger partial charge in [0.2, 0.25) is 5.91 Å². The third-order valence-electron chi connectivity index (χ3n) is 4.10. The Morgan fingerprint density at radius 3 is 2.81 bits per heavy atom. The van der Waals surface area contributed by atoms with Gasteiger partial charge in [0.1, 0.15) is 0 Å². The first-order valence-electron chi connectivity index (χ1n) is 6.83. The lowest BCUT2D eigenvalue weighted by atomic mass is 9.93. The van der Waals surface area contributed by atoms with Crippen LogP contribution in [0, 0.1) is 12.8 Å². The molecular weight excluding hydrogens is 268 g/mol. The largest absolute Gasteiger partial charge is 0.481 e. The fraction of sp³-hybridized carbons (Fsp3) is 0.312. The van der Waals surface area contributed by atoms with Gasteiger partial charge in [0.05, 0.1) is 17.5 Å². The predicted molar refractivity (Wildman–Crippen MR) is 77.7 cm³/mol. The molecule has 1 aromatic carbocycles. The zero-order valence-corrected chi connectivity index (χ0v) is 11.9. The summed E-state index contributed by atoms with van der Waals surface area (Å²) in [5.41, 5.74) is 2.65. The van der Waals surface area contributed by atoms with Crippen LogP contribution in [0.2, 0.25) is 0 Å². The van der Waals surface area contributed by atoms with Gasteiger partial charge in [-0.1, -0.05) is 12.1 Å². The summed E-state index contributed by atoms with van der Waals surface area (Å²) in [5.74, 6) is -1.76. The van der Waals surface area contributed by atoms with Crippen molar-refractivity contribution in [2.75, 3.05) is 7.05 Å². The van der Waals surface area contributed by atoms with Crippen molar-refractivity contribution in [3.63, 3.8) is 0 Å². The van der Waals surface area contributed by atoms with Crippen molar-refractivity contribution in [1.82, 2.24) is 9.88 Å². The summed E-state index contributed by atoms with van der Waals surface area (Å²) < 4.78 is 0. The van der Waals surface area contributed by atoms with E-state index in [9.17, 15) is 14.7 Å². The molecule has 1 fully saturated rings. The zero-order valence-electron chi connectivity index (χ0n) is 11.9. The highest BCUT2D eigenvalue weighted by Crippen LogP contribution is 2.37. The summed E-state index contributed by atoms with van der Waals surface area (Å²) in [5, 5.41) is 10.3. The number of hydrogen-bond donors (Lipinski definition) is 1. The molecule has 5 nitrogen and oxygen atoms in total. The van der Waals surface area contributed by atoms with E-state index in [0.29, 0.717) is 0 Å². The molecule has 1 amide bonds. The van der Waals surface area contributed by atoms with Gasteiger partial charge in [-0.25, -0.2) is 0 Å². The van der Waals surface area contributed by atoms with Crippen LogP contribution in [0.3, 0.4) is 0 Å². The molecule has 2 heterocycles. The summed E-state index contributed by atoms with van der Waals surface area (Å²) in [6.07, 6.45) is 0.0562. The van der Waals surface area contributed by atoms with Crippen molar-refractivity contribution in [1.29, 1.82) is 0 Å². The first-order chi connectivity index (χ1) is 9.97. The summed E-state index contributed by atoms with van der Waals surface area (Å²) >= 11 is 0. The Morgan fingerprint density at radius 1 is 1.33 bits per heavy atom. The van der Waals surface area contributed by atoms with Crippen molar-refractivity contribution in [2.45, 2.75) is 19.4 Å². The summed E-state index contributed by atoms with van der Waals surface area (Å²) in [6.45, 7) is 1.93. The Hall–Kier alpha value is -2.43. The molecule has 1 aromatic heterocycles. The van der Waals surface area contributed by atoms with Crippen molar-refractivity contribution in [3.05, 3.63) is 41.6 Å². The Bertz CT molecular complexity index is 741. The topological polar surface area (TPSA) is 70.5 Å². The maximum absolute atomic E-state index is 11.8. The summed E-state index contributed by atoms with van der Waals surface area (Å²) in [4.78, 5) is 29.2. The zero-order chi connectivity index (χ0) is 15.1. The van der Waals surface area contributed by atoms with Crippen LogP contribution in [0.5, 0.6) is 0 Å². The Kier molecular flexibility index (Phi) is 3.12. The number of carboxylic acids is 1. The van der Waals surface area contributed by atoms with Gasteiger partial charge < -0.3 is 10.0 Å². The van der Waals surface area contributed by atoms with Crippen LogP contribution >= 0.6 is 0 Å².